The van der Waals surface area contributed by atoms with E-state index in [1.807, 2.05) is 19.0 Å². The van der Waals surface area contributed by atoms with Crippen LogP contribution in [0.15, 0.2) is 4.42 Å². The van der Waals surface area contributed by atoms with E-state index in [4.69, 9.17) is 4.42 Å². The van der Waals surface area contributed by atoms with Crippen molar-refractivity contribution in [2.24, 2.45) is 5.92 Å². The van der Waals surface area contributed by atoms with Gasteiger partial charge in [-0.15, -0.1) is 5.10 Å². The second-order valence-corrected chi connectivity index (χ2v) is 7.37. The Labute approximate surface area is 139 Å². The van der Waals surface area contributed by atoms with Crippen molar-refractivity contribution in [3.05, 3.63) is 5.89 Å². The van der Waals surface area contributed by atoms with E-state index in [-0.39, 0.29) is 0 Å². The zero-order chi connectivity index (χ0) is 16.1. The molecule has 0 bridgehead atoms. The van der Waals surface area contributed by atoms with Gasteiger partial charge in [0.05, 0.1) is 6.54 Å². The van der Waals surface area contributed by atoms with Crippen molar-refractivity contribution in [2.75, 3.05) is 39.0 Å². The van der Waals surface area contributed by atoms with E-state index in [0.717, 1.165) is 18.5 Å². The van der Waals surface area contributed by atoms with Crippen LogP contribution in [0.5, 0.6) is 0 Å². The second kappa shape index (κ2) is 8.11. The lowest BCUT2D eigenvalue weighted by Crippen LogP contribution is -2.40. The molecule has 0 amide bonds. The summed E-state index contributed by atoms with van der Waals surface area (Å²) in [6.45, 7) is 4.21. The predicted octanol–water partition coefficient (Wildman–Crippen LogP) is 2.59. The first-order valence-electron chi connectivity index (χ1n) is 9.16. The van der Waals surface area contributed by atoms with E-state index in [9.17, 15) is 0 Å². The van der Waals surface area contributed by atoms with Crippen LogP contribution in [0.3, 0.4) is 0 Å². The molecule has 0 radical (unpaired) electrons. The van der Waals surface area contributed by atoms with Crippen molar-refractivity contribution < 1.29 is 4.42 Å². The van der Waals surface area contributed by atoms with Gasteiger partial charge in [-0.25, -0.2) is 0 Å². The second-order valence-electron chi connectivity index (χ2n) is 7.37. The van der Waals surface area contributed by atoms with Crippen LogP contribution in [0.25, 0.3) is 0 Å². The number of nitrogens with zero attached hydrogens (tertiary/aromatic N) is 4. The van der Waals surface area contributed by atoms with Gasteiger partial charge in [0.1, 0.15) is 0 Å². The van der Waals surface area contributed by atoms with E-state index in [0.29, 0.717) is 18.5 Å². The van der Waals surface area contributed by atoms with Gasteiger partial charge in [-0.1, -0.05) is 17.9 Å². The number of anilines is 1. The zero-order valence-electron chi connectivity index (χ0n) is 14.6. The summed E-state index contributed by atoms with van der Waals surface area (Å²) in [6, 6.07) is 1.45. The molecule has 1 saturated heterocycles. The van der Waals surface area contributed by atoms with E-state index in [2.05, 4.69) is 20.4 Å². The van der Waals surface area contributed by atoms with Crippen LogP contribution in [-0.2, 0) is 6.54 Å². The molecule has 130 valence electrons. The van der Waals surface area contributed by atoms with Crippen LogP contribution < -0.4 is 5.32 Å². The molecule has 0 unspecified atom stereocenters. The highest BCUT2D eigenvalue weighted by Gasteiger charge is 2.26. The van der Waals surface area contributed by atoms with Gasteiger partial charge in [-0.05, 0) is 65.2 Å². The van der Waals surface area contributed by atoms with Gasteiger partial charge < -0.3 is 19.5 Å². The Hall–Kier alpha value is -1.14. The fourth-order valence-electron chi connectivity index (χ4n) is 3.92. The quantitative estimate of drug-likeness (QED) is 0.833. The van der Waals surface area contributed by atoms with Crippen molar-refractivity contribution in [1.29, 1.82) is 0 Å². The summed E-state index contributed by atoms with van der Waals surface area (Å²) in [6.07, 6.45) is 9.62. The fraction of sp³-hybridized carbons (Fsp3) is 0.882. The molecule has 0 atom stereocenters. The van der Waals surface area contributed by atoms with Crippen LogP contribution in [0.1, 0.15) is 50.8 Å². The standard InChI is InChI=1S/C17H31N5O/c1-21(2)13-16-19-20-17(23-16)18-10-7-14-8-11-22(12-9-14)15-5-3-4-6-15/h14-15H,3-13H2,1-2H3,(H,18,20). The number of likely N-dealkylation sites (tertiary alicyclic amines) is 1. The van der Waals surface area contributed by atoms with Crippen molar-refractivity contribution in [3.63, 3.8) is 0 Å². The van der Waals surface area contributed by atoms with Crippen LogP contribution in [-0.4, -0.2) is 59.8 Å². The van der Waals surface area contributed by atoms with Gasteiger partial charge in [-0.2, -0.15) is 0 Å². The maximum atomic E-state index is 5.59. The lowest BCUT2D eigenvalue weighted by Gasteiger charge is -2.36. The SMILES string of the molecule is CN(C)Cc1nnc(NCCC2CCN(C3CCCC3)CC2)o1. The highest BCUT2D eigenvalue weighted by Crippen LogP contribution is 2.28. The molecule has 1 aromatic heterocycles. The molecule has 23 heavy (non-hydrogen) atoms. The Kier molecular flexibility index (Phi) is 5.89. The van der Waals surface area contributed by atoms with Crippen molar-refractivity contribution in [3.8, 4) is 0 Å². The van der Waals surface area contributed by atoms with Crippen molar-refractivity contribution in [2.45, 2.75) is 57.5 Å². The van der Waals surface area contributed by atoms with E-state index in [1.165, 1.54) is 58.0 Å². The number of aromatic nitrogens is 2. The molecule has 6 nitrogen and oxygen atoms in total. The highest BCUT2D eigenvalue weighted by atomic mass is 16.4. The smallest absolute Gasteiger partial charge is 0.315 e. The molecule has 1 N–H and O–H groups in total. The van der Waals surface area contributed by atoms with Crippen molar-refractivity contribution >= 4 is 6.01 Å². The van der Waals surface area contributed by atoms with E-state index in [1.54, 1.807) is 0 Å². The maximum absolute atomic E-state index is 5.59. The largest absolute Gasteiger partial charge is 0.407 e. The van der Waals surface area contributed by atoms with Crippen LogP contribution in [0.2, 0.25) is 0 Å². The summed E-state index contributed by atoms with van der Waals surface area (Å²) >= 11 is 0. The molecule has 2 heterocycles. The number of hydrogen-bond acceptors (Lipinski definition) is 6. The summed E-state index contributed by atoms with van der Waals surface area (Å²) in [4.78, 5) is 4.76. The van der Waals surface area contributed by atoms with Gasteiger partial charge in [0.25, 0.3) is 0 Å². The number of nitrogens with one attached hydrogen (secondary N) is 1. The molecule has 0 aromatic carbocycles. The maximum Gasteiger partial charge on any atom is 0.315 e. The minimum absolute atomic E-state index is 0.560. The van der Waals surface area contributed by atoms with Gasteiger partial charge in [0, 0.05) is 12.6 Å². The third-order valence-corrected chi connectivity index (χ3v) is 5.24. The normalized spacial score (nSPS) is 21.3. The number of hydrogen-bond donors (Lipinski definition) is 1. The number of rotatable bonds is 7. The molecule has 0 spiro atoms. The molecule has 1 aromatic rings. The molecular formula is C17H31N5O. The Balaban J connectivity index is 1.33. The van der Waals surface area contributed by atoms with Gasteiger partial charge in [0.15, 0.2) is 0 Å². The minimum Gasteiger partial charge on any atom is -0.407 e. The third-order valence-electron chi connectivity index (χ3n) is 5.24. The number of piperidine rings is 1. The Morgan fingerprint density at radius 2 is 1.87 bits per heavy atom. The monoisotopic (exact) mass is 321 g/mol. The lowest BCUT2D eigenvalue weighted by molar-refractivity contribution is 0.132. The molecule has 2 aliphatic rings. The Morgan fingerprint density at radius 1 is 1.13 bits per heavy atom. The summed E-state index contributed by atoms with van der Waals surface area (Å²) in [5.74, 6) is 1.51. The fourth-order valence-corrected chi connectivity index (χ4v) is 3.92. The topological polar surface area (TPSA) is 57.4 Å². The molecule has 1 saturated carbocycles. The Morgan fingerprint density at radius 3 is 2.57 bits per heavy atom. The summed E-state index contributed by atoms with van der Waals surface area (Å²) in [7, 11) is 3.99. The first-order valence-corrected chi connectivity index (χ1v) is 9.16. The minimum atomic E-state index is 0.560. The molecular weight excluding hydrogens is 290 g/mol. The highest BCUT2D eigenvalue weighted by molar-refractivity contribution is 5.16. The molecule has 1 aliphatic carbocycles. The van der Waals surface area contributed by atoms with Gasteiger partial charge >= 0.3 is 6.01 Å². The van der Waals surface area contributed by atoms with Crippen LogP contribution in [0.4, 0.5) is 6.01 Å². The zero-order valence-corrected chi connectivity index (χ0v) is 14.6. The van der Waals surface area contributed by atoms with E-state index >= 15 is 0 Å². The summed E-state index contributed by atoms with van der Waals surface area (Å²) in [5.41, 5.74) is 0. The molecule has 2 fully saturated rings. The Bertz CT molecular complexity index is 461. The van der Waals surface area contributed by atoms with E-state index < -0.39 is 0 Å². The molecule has 3 rings (SSSR count). The molecule has 1 aliphatic heterocycles. The van der Waals surface area contributed by atoms with Crippen LogP contribution >= 0.6 is 0 Å². The van der Waals surface area contributed by atoms with Crippen LogP contribution in [0, 0.1) is 5.92 Å². The summed E-state index contributed by atoms with van der Waals surface area (Å²) < 4.78 is 5.59. The summed E-state index contributed by atoms with van der Waals surface area (Å²) in [5, 5.41) is 11.4. The first kappa shape index (κ1) is 16.7. The average Bonchev–Trinajstić information content (AvgIpc) is 3.19. The van der Waals surface area contributed by atoms with Crippen molar-refractivity contribution in [1.82, 2.24) is 20.0 Å². The van der Waals surface area contributed by atoms with Gasteiger partial charge in [-0.3, -0.25) is 0 Å². The first-order chi connectivity index (χ1) is 11.2. The van der Waals surface area contributed by atoms with Gasteiger partial charge in [0.2, 0.25) is 5.89 Å². The predicted molar refractivity (Wildman–Crippen MR) is 91.3 cm³/mol. The third kappa shape index (κ3) is 4.91. The average molecular weight is 321 g/mol. The lowest BCUT2D eigenvalue weighted by atomic mass is 9.92. The molecule has 6 heteroatoms.